The lowest BCUT2D eigenvalue weighted by atomic mass is 9.58. The molecular formula is C34H28O6. The molecule has 0 aliphatic heterocycles. The molecule has 40 heavy (non-hydrogen) atoms. The van der Waals surface area contributed by atoms with Crippen LogP contribution in [0.3, 0.4) is 0 Å². The largest absolute Gasteiger partial charge is 0.497 e. The maximum absolute atomic E-state index is 14.4. The summed E-state index contributed by atoms with van der Waals surface area (Å²) in [5.41, 5.74) is 1.11. The van der Waals surface area contributed by atoms with Gasteiger partial charge in [0.25, 0.3) is 0 Å². The van der Waals surface area contributed by atoms with E-state index in [-0.39, 0.29) is 18.0 Å². The summed E-state index contributed by atoms with van der Waals surface area (Å²) in [6.07, 6.45) is 0.0266. The number of carbonyl (C=O) groups excluding carboxylic acids is 3. The minimum Gasteiger partial charge on any atom is -0.497 e. The Hall–Kier alpha value is -4.55. The zero-order valence-electron chi connectivity index (χ0n) is 22.2. The fourth-order valence-corrected chi connectivity index (χ4v) is 6.50. The van der Waals surface area contributed by atoms with Gasteiger partial charge >= 0.3 is 0 Å². The Bertz CT molecular complexity index is 1620. The molecule has 2 aliphatic rings. The lowest BCUT2D eigenvalue weighted by molar-refractivity contribution is -0.00160. The molecule has 0 fully saturated rings. The van der Waals surface area contributed by atoms with Crippen molar-refractivity contribution in [3.05, 3.63) is 130 Å². The molecule has 4 atom stereocenters. The molecule has 4 aromatic carbocycles. The van der Waals surface area contributed by atoms with Gasteiger partial charge in [-0.1, -0.05) is 48.5 Å². The number of hydrogen-bond acceptors (Lipinski definition) is 6. The molecule has 6 nitrogen and oxygen atoms in total. The van der Waals surface area contributed by atoms with Crippen molar-refractivity contribution in [2.45, 2.75) is 23.9 Å². The summed E-state index contributed by atoms with van der Waals surface area (Å²) in [6, 6.07) is 27.9. The Morgan fingerprint density at radius 3 is 1.93 bits per heavy atom. The van der Waals surface area contributed by atoms with Gasteiger partial charge in [-0.3, -0.25) is 14.4 Å². The highest BCUT2D eigenvalue weighted by atomic mass is 16.5. The smallest absolute Gasteiger partial charge is 0.199 e. The van der Waals surface area contributed by atoms with Crippen LogP contribution in [0, 0.1) is 5.92 Å². The van der Waals surface area contributed by atoms with Crippen LogP contribution >= 0.6 is 0 Å². The Balaban J connectivity index is 1.53. The van der Waals surface area contributed by atoms with Gasteiger partial charge in [0.1, 0.15) is 11.5 Å². The van der Waals surface area contributed by atoms with Crippen molar-refractivity contribution in [3.63, 3.8) is 0 Å². The first-order valence-electron chi connectivity index (χ1n) is 13.2. The number of Topliss-reactive ketones (excluding diaryl/α,β-unsaturated/α-hetero) is 3. The Morgan fingerprint density at radius 1 is 0.750 bits per heavy atom. The molecule has 0 heterocycles. The summed E-state index contributed by atoms with van der Waals surface area (Å²) in [4.78, 5) is 42.0. The molecule has 0 saturated heterocycles. The average molecular weight is 533 g/mol. The molecular weight excluding hydrogens is 504 g/mol. The van der Waals surface area contributed by atoms with Gasteiger partial charge < -0.3 is 14.6 Å². The summed E-state index contributed by atoms with van der Waals surface area (Å²) in [6.45, 7) is 0. The lowest BCUT2D eigenvalue weighted by Crippen LogP contribution is -2.48. The monoisotopic (exact) mass is 532 g/mol. The van der Waals surface area contributed by atoms with E-state index in [9.17, 15) is 19.5 Å². The van der Waals surface area contributed by atoms with Crippen molar-refractivity contribution in [2.75, 3.05) is 14.2 Å². The number of rotatable bonds is 7. The molecule has 0 aromatic heterocycles. The second kappa shape index (κ2) is 9.88. The first kappa shape index (κ1) is 25.7. The summed E-state index contributed by atoms with van der Waals surface area (Å²) in [5.74, 6) is -1.86. The van der Waals surface area contributed by atoms with Crippen LogP contribution in [0.15, 0.2) is 97.1 Å². The highest BCUT2D eigenvalue weighted by Crippen LogP contribution is 2.60. The number of ether oxygens (including phenoxy) is 2. The normalized spacial score (nSPS) is 22.6. The maximum atomic E-state index is 14.4. The van der Waals surface area contributed by atoms with Crippen LogP contribution in [0.1, 0.15) is 66.0 Å². The van der Waals surface area contributed by atoms with Crippen LogP contribution in [0.5, 0.6) is 11.5 Å². The van der Waals surface area contributed by atoms with Crippen molar-refractivity contribution in [1.82, 2.24) is 0 Å². The highest BCUT2D eigenvalue weighted by Gasteiger charge is 2.62. The van der Waals surface area contributed by atoms with Crippen molar-refractivity contribution >= 4 is 17.3 Å². The van der Waals surface area contributed by atoms with Crippen LogP contribution in [0.4, 0.5) is 0 Å². The molecule has 0 amide bonds. The van der Waals surface area contributed by atoms with E-state index in [4.69, 9.17) is 9.47 Å². The topological polar surface area (TPSA) is 89.9 Å². The molecule has 200 valence electrons. The standard InChI is InChI=1S/C34H28O6/c1-39-22-15-11-20(12-16-22)29(35)19-27-24-7-5-6-10-28(24)34(38)31(25-8-3-4-9-26(25)33(34)37)30(27)32(36)21-13-17-23(40-2)18-14-21/h3-18,27,30-31,38H,19H2,1-2H3/t27-,30+,31-,34-/m0/s1. The molecule has 2 aliphatic carbocycles. The van der Waals surface area contributed by atoms with Gasteiger partial charge in [0.05, 0.1) is 14.2 Å². The maximum Gasteiger partial charge on any atom is 0.199 e. The minimum atomic E-state index is -1.92. The number of hydrogen-bond donors (Lipinski definition) is 1. The van der Waals surface area contributed by atoms with E-state index in [2.05, 4.69) is 0 Å². The minimum absolute atomic E-state index is 0.0266. The number of benzene rings is 4. The third-order valence-corrected chi connectivity index (χ3v) is 8.39. The van der Waals surface area contributed by atoms with E-state index >= 15 is 0 Å². The van der Waals surface area contributed by atoms with Gasteiger partial charge in [-0.05, 0) is 65.2 Å². The van der Waals surface area contributed by atoms with Crippen molar-refractivity contribution in [1.29, 1.82) is 0 Å². The quantitative estimate of drug-likeness (QED) is 0.305. The van der Waals surface area contributed by atoms with Gasteiger partial charge in [-0.25, -0.2) is 0 Å². The molecule has 0 bridgehead atoms. The van der Waals surface area contributed by atoms with Crippen LogP contribution in [-0.2, 0) is 5.60 Å². The van der Waals surface area contributed by atoms with Crippen LogP contribution < -0.4 is 9.47 Å². The van der Waals surface area contributed by atoms with E-state index in [1.165, 1.54) is 0 Å². The van der Waals surface area contributed by atoms with Gasteiger partial charge in [0, 0.05) is 40.9 Å². The van der Waals surface area contributed by atoms with E-state index in [0.717, 1.165) is 0 Å². The first-order valence-corrected chi connectivity index (χ1v) is 13.2. The lowest BCUT2D eigenvalue weighted by Gasteiger charge is -2.45. The summed E-state index contributed by atoms with van der Waals surface area (Å²) >= 11 is 0. The third kappa shape index (κ3) is 3.87. The van der Waals surface area contributed by atoms with Crippen molar-refractivity contribution in [2.24, 2.45) is 5.92 Å². The van der Waals surface area contributed by atoms with Gasteiger partial charge in [-0.2, -0.15) is 0 Å². The first-order chi connectivity index (χ1) is 19.4. The van der Waals surface area contributed by atoms with E-state index in [1.54, 1.807) is 93.1 Å². The molecule has 4 aromatic rings. The zero-order chi connectivity index (χ0) is 28.0. The van der Waals surface area contributed by atoms with E-state index in [0.29, 0.717) is 44.9 Å². The molecule has 0 saturated carbocycles. The summed E-state index contributed by atoms with van der Waals surface area (Å²) in [5, 5.41) is 12.3. The van der Waals surface area contributed by atoms with Gasteiger partial charge in [-0.15, -0.1) is 0 Å². The SMILES string of the molecule is COc1ccc(C(=O)C[C@H]2c3ccccc3[C@@]3(O)C(=O)c4ccccc4[C@H]3[C@@H]2C(=O)c2ccc(OC)cc2)cc1. The zero-order valence-corrected chi connectivity index (χ0v) is 22.2. The predicted molar refractivity (Wildman–Crippen MR) is 149 cm³/mol. The number of ketones is 3. The second-order valence-corrected chi connectivity index (χ2v) is 10.3. The number of carbonyl (C=O) groups is 3. The summed E-state index contributed by atoms with van der Waals surface area (Å²) in [7, 11) is 3.12. The van der Waals surface area contributed by atoms with Gasteiger partial charge in [0.2, 0.25) is 0 Å². The Kier molecular flexibility index (Phi) is 6.35. The second-order valence-electron chi connectivity index (χ2n) is 10.3. The van der Waals surface area contributed by atoms with Gasteiger partial charge in [0.15, 0.2) is 23.0 Å². The summed E-state index contributed by atoms with van der Waals surface area (Å²) < 4.78 is 10.5. The van der Waals surface area contributed by atoms with Crippen molar-refractivity contribution in [3.8, 4) is 11.5 Å². The Morgan fingerprint density at radius 2 is 1.30 bits per heavy atom. The Labute approximate surface area is 232 Å². The van der Waals surface area contributed by atoms with Crippen molar-refractivity contribution < 1.29 is 29.0 Å². The van der Waals surface area contributed by atoms with Crippen LogP contribution in [0.2, 0.25) is 0 Å². The molecule has 0 unspecified atom stereocenters. The molecule has 6 heteroatoms. The molecule has 1 N–H and O–H groups in total. The fourth-order valence-electron chi connectivity index (χ4n) is 6.50. The fraction of sp³-hybridized carbons (Fsp3) is 0.206. The number of methoxy groups -OCH3 is 2. The van der Waals surface area contributed by atoms with Crippen LogP contribution in [0.25, 0.3) is 0 Å². The number of fused-ring (bicyclic) bond motifs is 5. The third-order valence-electron chi connectivity index (χ3n) is 8.39. The highest BCUT2D eigenvalue weighted by molar-refractivity contribution is 6.11. The van der Waals surface area contributed by atoms with Crippen LogP contribution in [-0.4, -0.2) is 36.7 Å². The average Bonchev–Trinajstić information content (AvgIpc) is 3.24. The number of aliphatic hydroxyl groups is 1. The predicted octanol–water partition coefficient (Wildman–Crippen LogP) is 5.74. The molecule has 0 spiro atoms. The van der Waals surface area contributed by atoms with E-state index < -0.39 is 29.1 Å². The molecule has 0 radical (unpaired) electrons. The van der Waals surface area contributed by atoms with E-state index in [1.807, 2.05) is 18.2 Å². The molecule has 6 rings (SSSR count).